The minimum Gasteiger partial charge on any atom is -0.358 e. The summed E-state index contributed by atoms with van der Waals surface area (Å²) in [5.74, 6) is -0.848. The van der Waals surface area contributed by atoms with Crippen LogP contribution in [0.3, 0.4) is 0 Å². The maximum absolute atomic E-state index is 15.0. The number of sulfonamides is 1. The quantitative estimate of drug-likeness (QED) is 0.511. The first kappa shape index (κ1) is 25.0. The Bertz CT molecular complexity index is 1300. The van der Waals surface area contributed by atoms with E-state index in [0.29, 0.717) is 16.8 Å². The maximum Gasteiger partial charge on any atom is 0.404 e. The average Bonchev–Trinajstić information content (AvgIpc) is 3.42. The maximum atomic E-state index is 15.0. The third-order valence-electron chi connectivity index (χ3n) is 7.44. The van der Waals surface area contributed by atoms with Gasteiger partial charge in [0.2, 0.25) is 10.0 Å². The number of fused-ring (bicyclic) bond motifs is 1. The number of halogens is 4. The number of anilines is 1. The molecule has 1 aliphatic heterocycles. The van der Waals surface area contributed by atoms with Crippen LogP contribution in [-0.4, -0.2) is 31.7 Å². The third-order valence-corrected chi connectivity index (χ3v) is 8.97. The Morgan fingerprint density at radius 3 is 2.39 bits per heavy atom. The third kappa shape index (κ3) is 4.45. The summed E-state index contributed by atoms with van der Waals surface area (Å²) in [5, 5.41) is 10.1. The number of alkyl halides is 3. The molecule has 36 heavy (non-hydrogen) atoms. The second-order valence-corrected chi connectivity index (χ2v) is 11.6. The molecule has 2 heterocycles. The SMILES string of the molecule is C[C@@H](NS(=O)(=O)c1ccc(C2C(C#N)c3cc(F)c(C4CC4)cc3N2C2CCCC2)nc1)C(F)(F)F. The van der Waals surface area contributed by atoms with Gasteiger partial charge >= 0.3 is 6.18 Å². The summed E-state index contributed by atoms with van der Waals surface area (Å²) in [6, 6.07) is 5.58. The fraction of sp³-hybridized carbons (Fsp3) is 0.520. The molecule has 2 fully saturated rings. The molecule has 0 saturated heterocycles. The highest BCUT2D eigenvalue weighted by Gasteiger charge is 2.46. The summed E-state index contributed by atoms with van der Waals surface area (Å²) >= 11 is 0. The standard InChI is InChI=1S/C25H26F4N4O2S/c1-14(25(27,28)29)32-36(34,35)17-8-9-22(31-13-17)24-20(12-30)19-10-21(26)18(15-6-7-15)11-23(19)33(24)16-4-2-3-5-16/h8-11,13-16,20,24,32H,2-7H2,1H3/t14-,20?,24?/m1/s1. The van der Waals surface area contributed by atoms with E-state index >= 15 is 0 Å². The number of nitriles is 1. The van der Waals surface area contributed by atoms with E-state index in [1.165, 1.54) is 18.2 Å². The zero-order valence-electron chi connectivity index (χ0n) is 19.6. The van der Waals surface area contributed by atoms with Crippen LogP contribution < -0.4 is 9.62 Å². The Labute approximate surface area is 207 Å². The second kappa shape index (κ2) is 8.99. The number of nitrogens with one attached hydrogen (secondary N) is 1. The molecule has 1 aromatic carbocycles. The van der Waals surface area contributed by atoms with Gasteiger partial charge in [-0.3, -0.25) is 4.98 Å². The Kier molecular flexibility index (Phi) is 6.24. The monoisotopic (exact) mass is 522 g/mol. The Balaban J connectivity index is 1.52. The van der Waals surface area contributed by atoms with Gasteiger partial charge in [-0.15, -0.1) is 0 Å². The molecule has 3 atom stereocenters. The molecular weight excluding hydrogens is 496 g/mol. The van der Waals surface area contributed by atoms with Crippen LogP contribution in [0, 0.1) is 17.1 Å². The zero-order chi connectivity index (χ0) is 25.8. The van der Waals surface area contributed by atoms with Crippen molar-refractivity contribution in [3.05, 3.63) is 53.1 Å². The van der Waals surface area contributed by atoms with Gasteiger partial charge in [0.25, 0.3) is 0 Å². The first-order chi connectivity index (χ1) is 17.0. The number of benzene rings is 1. The Hall–Kier alpha value is -2.71. The molecule has 1 N–H and O–H groups in total. The van der Waals surface area contributed by atoms with Crippen LogP contribution in [-0.2, 0) is 10.0 Å². The summed E-state index contributed by atoms with van der Waals surface area (Å²) in [4.78, 5) is 6.04. The first-order valence-electron chi connectivity index (χ1n) is 12.1. The van der Waals surface area contributed by atoms with Gasteiger partial charge in [-0.05, 0) is 73.9 Å². The number of rotatable bonds is 6. The smallest absolute Gasteiger partial charge is 0.358 e. The van der Waals surface area contributed by atoms with Crippen molar-refractivity contribution >= 4 is 15.7 Å². The number of aromatic nitrogens is 1. The lowest BCUT2D eigenvalue weighted by molar-refractivity contribution is -0.147. The minimum atomic E-state index is -4.73. The van der Waals surface area contributed by atoms with E-state index in [4.69, 9.17) is 0 Å². The molecule has 2 aromatic rings. The van der Waals surface area contributed by atoms with Gasteiger partial charge in [0.05, 0.1) is 23.7 Å². The summed E-state index contributed by atoms with van der Waals surface area (Å²) in [6.07, 6.45) is 2.04. The molecule has 3 aliphatic rings. The van der Waals surface area contributed by atoms with Crippen LogP contribution in [0.15, 0.2) is 35.4 Å². The van der Waals surface area contributed by atoms with E-state index in [0.717, 1.165) is 57.3 Å². The van der Waals surface area contributed by atoms with Crippen molar-refractivity contribution in [1.29, 1.82) is 5.26 Å². The van der Waals surface area contributed by atoms with E-state index in [9.17, 15) is 31.2 Å². The molecule has 6 nitrogen and oxygen atoms in total. The van der Waals surface area contributed by atoms with Crippen molar-refractivity contribution in [3.8, 4) is 6.07 Å². The van der Waals surface area contributed by atoms with Gasteiger partial charge in [-0.25, -0.2) is 12.8 Å². The summed E-state index contributed by atoms with van der Waals surface area (Å²) < 4.78 is 80.2. The van der Waals surface area contributed by atoms with Gasteiger partial charge in [0, 0.05) is 17.9 Å². The van der Waals surface area contributed by atoms with Crippen LogP contribution in [0.2, 0.25) is 0 Å². The number of nitrogens with zero attached hydrogens (tertiary/aromatic N) is 3. The number of pyridine rings is 1. The second-order valence-electron chi connectivity index (χ2n) is 9.91. The Morgan fingerprint density at radius 2 is 1.83 bits per heavy atom. The van der Waals surface area contributed by atoms with Crippen molar-refractivity contribution in [1.82, 2.24) is 9.71 Å². The van der Waals surface area contributed by atoms with Crippen molar-refractivity contribution in [2.24, 2.45) is 0 Å². The summed E-state index contributed by atoms with van der Waals surface area (Å²) in [7, 11) is -4.46. The molecular formula is C25H26F4N4O2S. The molecule has 0 radical (unpaired) electrons. The highest BCUT2D eigenvalue weighted by atomic mass is 32.2. The lowest BCUT2D eigenvalue weighted by Crippen LogP contribution is -2.43. The van der Waals surface area contributed by atoms with Crippen LogP contribution >= 0.6 is 0 Å². The van der Waals surface area contributed by atoms with E-state index in [2.05, 4.69) is 16.0 Å². The normalized spacial score (nSPS) is 23.5. The molecule has 192 valence electrons. The van der Waals surface area contributed by atoms with E-state index in [1.807, 2.05) is 6.07 Å². The van der Waals surface area contributed by atoms with Crippen molar-refractivity contribution in [2.45, 2.75) is 86.5 Å². The lowest BCUT2D eigenvalue weighted by Gasteiger charge is -2.34. The molecule has 1 aromatic heterocycles. The van der Waals surface area contributed by atoms with Gasteiger partial charge in [-0.1, -0.05) is 12.8 Å². The highest BCUT2D eigenvalue weighted by molar-refractivity contribution is 7.89. The van der Waals surface area contributed by atoms with Gasteiger partial charge < -0.3 is 4.90 Å². The minimum absolute atomic E-state index is 0.129. The predicted molar refractivity (Wildman–Crippen MR) is 124 cm³/mol. The van der Waals surface area contributed by atoms with Crippen LogP contribution in [0.1, 0.15) is 80.1 Å². The van der Waals surface area contributed by atoms with E-state index in [-0.39, 0.29) is 17.8 Å². The molecule has 2 saturated carbocycles. The number of hydrogen-bond acceptors (Lipinski definition) is 5. The zero-order valence-corrected chi connectivity index (χ0v) is 20.4. The van der Waals surface area contributed by atoms with Crippen LogP contribution in [0.5, 0.6) is 0 Å². The van der Waals surface area contributed by atoms with Gasteiger partial charge in [0.1, 0.15) is 16.8 Å². The fourth-order valence-electron chi connectivity index (χ4n) is 5.41. The molecule has 11 heteroatoms. The van der Waals surface area contributed by atoms with Crippen LogP contribution in [0.4, 0.5) is 23.2 Å². The highest BCUT2D eigenvalue weighted by Crippen LogP contribution is 2.54. The predicted octanol–water partition coefficient (Wildman–Crippen LogP) is 5.44. The Morgan fingerprint density at radius 1 is 1.14 bits per heavy atom. The topological polar surface area (TPSA) is 86.1 Å². The van der Waals surface area contributed by atoms with E-state index in [1.54, 1.807) is 4.72 Å². The number of hydrogen-bond donors (Lipinski definition) is 1. The molecule has 2 aliphatic carbocycles. The van der Waals surface area contributed by atoms with Gasteiger partial charge in [0.15, 0.2) is 0 Å². The molecule has 0 amide bonds. The first-order valence-corrected chi connectivity index (χ1v) is 13.6. The molecule has 0 spiro atoms. The van der Waals surface area contributed by atoms with Gasteiger partial charge in [-0.2, -0.15) is 23.2 Å². The fourth-order valence-corrected chi connectivity index (χ4v) is 6.58. The van der Waals surface area contributed by atoms with E-state index < -0.39 is 39.1 Å². The average molecular weight is 523 g/mol. The largest absolute Gasteiger partial charge is 0.404 e. The van der Waals surface area contributed by atoms with Crippen molar-refractivity contribution < 1.29 is 26.0 Å². The summed E-state index contributed by atoms with van der Waals surface area (Å²) in [6.45, 7) is 0.723. The molecule has 2 unspecified atom stereocenters. The van der Waals surface area contributed by atoms with Crippen molar-refractivity contribution in [2.75, 3.05) is 4.90 Å². The van der Waals surface area contributed by atoms with Crippen LogP contribution in [0.25, 0.3) is 0 Å². The summed E-state index contributed by atoms with van der Waals surface area (Å²) in [5.41, 5.74) is 2.49. The molecule has 5 rings (SSSR count). The molecule has 0 bridgehead atoms. The van der Waals surface area contributed by atoms with Crippen molar-refractivity contribution in [3.63, 3.8) is 0 Å². The lowest BCUT2D eigenvalue weighted by atomic mass is 9.92.